The maximum Gasteiger partial charge on any atom is 0.316 e. The second-order valence-electron chi connectivity index (χ2n) is 4.62. The summed E-state index contributed by atoms with van der Waals surface area (Å²) in [6.45, 7) is 1.56. The summed E-state index contributed by atoms with van der Waals surface area (Å²) in [4.78, 5) is 12.7. The Balaban J connectivity index is 2.22. The van der Waals surface area contributed by atoms with Gasteiger partial charge in [0.15, 0.2) is 0 Å². The van der Waals surface area contributed by atoms with E-state index < -0.39 is 6.10 Å². The molecule has 2 amide bonds. The van der Waals surface area contributed by atoms with Crippen molar-refractivity contribution in [3.8, 4) is 5.75 Å². The van der Waals surface area contributed by atoms with Crippen molar-refractivity contribution in [1.29, 1.82) is 0 Å². The molecule has 0 saturated carbocycles. The Hall–Kier alpha value is -1.79. The predicted octanol–water partition coefficient (Wildman–Crippen LogP) is 0.589. The molecule has 112 valence electrons. The van der Waals surface area contributed by atoms with Gasteiger partial charge in [-0.05, 0) is 17.7 Å². The van der Waals surface area contributed by atoms with Gasteiger partial charge in [-0.15, -0.1) is 0 Å². The number of amides is 2. The first-order valence-electron chi connectivity index (χ1n) is 6.52. The van der Waals surface area contributed by atoms with Crippen LogP contribution in [-0.4, -0.2) is 56.9 Å². The molecule has 1 aromatic carbocycles. The van der Waals surface area contributed by atoms with Crippen LogP contribution in [0.1, 0.15) is 11.7 Å². The number of carbonyl (C=O) groups excluding carboxylic acids is 1. The number of urea groups is 1. The lowest BCUT2D eigenvalue weighted by Gasteiger charge is -2.14. The maximum absolute atomic E-state index is 11.2. The SMILES string of the molecule is COc1ccc(C(O)CNCCNC(=O)N(C)C)cc1. The summed E-state index contributed by atoms with van der Waals surface area (Å²) in [6, 6.07) is 7.17. The molecule has 0 heterocycles. The smallest absolute Gasteiger partial charge is 0.316 e. The van der Waals surface area contributed by atoms with E-state index >= 15 is 0 Å². The molecule has 0 aromatic heterocycles. The largest absolute Gasteiger partial charge is 0.497 e. The third kappa shape index (κ3) is 5.46. The molecule has 0 saturated heterocycles. The summed E-state index contributed by atoms with van der Waals surface area (Å²) in [6.07, 6.45) is -0.578. The molecule has 3 N–H and O–H groups in total. The average Bonchev–Trinajstić information content (AvgIpc) is 2.46. The Morgan fingerprint density at radius 3 is 2.50 bits per heavy atom. The fourth-order valence-corrected chi connectivity index (χ4v) is 1.60. The normalized spacial score (nSPS) is 11.8. The number of methoxy groups -OCH3 is 1. The summed E-state index contributed by atoms with van der Waals surface area (Å²) in [5.41, 5.74) is 0.829. The van der Waals surface area contributed by atoms with Crippen molar-refractivity contribution >= 4 is 6.03 Å². The van der Waals surface area contributed by atoms with Crippen LogP contribution in [0.2, 0.25) is 0 Å². The van der Waals surface area contributed by atoms with Crippen LogP contribution in [0.15, 0.2) is 24.3 Å². The van der Waals surface area contributed by atoms with Crippen LogP contribution in [0.25, 0.3) is 0 Å². The highest BCUT2D eigenvalue weighted by Crippen LogP contribution is 2.16. The Labute approximate surface area is 119 Å². The first-order chi connectivity index (χ1) is 9.54. The summed E-state index contributed by atoms with van der Waals surface area (Å²) in [5.74, 6) is 0.764. The quantitative estimate of drug-likeness (QED) is 0.640. The molecular weight excluding hydrogens is 258 g/mol. The number of carbonyl (C=O) groups is 1. The molecule has 1 atom stereocenters. The molecule has 6 nitrogen and oxygen atoms in total. The van der Waals surface area contributed by atoms with Gasteiger partial charge in [0.25, 0.3) is 0 Å². The van der Waals surface area contributed by atoms with Crippen LogP contribution in [-0.2, 0) is 0 Å². The van der Waals surface area contributed by atoms with Crippen molar-refractivity contribution in [2.24, 2.45) is 0 Å². The minimum atomic E-state index is -0.578. The molecule has 0 aliphatic carbocycles. The third-order valence-corrected chi connectivity index (χ3v) is 2.82. The van der Waals surface area contributed by atoms with Gasteiger partial charge in [0, 0.05) is 33.7 Å². The third-order valence-electron chi connectivity index (χ3n) is 2.82. The Morgan fingerprint density at radius 2 is 1.95 bits per heavy atom. The van der Waals surface area contributed by atoms with Crippen LogP contribution in [0.4, 0.5) is 4.79 Å². The first kappa shape index (κ1) is 16.3. The van der Waals surface area contributed by atoms with Crippen molar-refractivity contribution in [1.82, 2.24) is 15.5 Å². The number of nitrogens with zero attached hydrogens (tertiary/aromatic N) is 1. The number of rotatable bonds is 7. The number of hydrogen-bond acceptors (Lipinski definition) is 4. The predicted molar refractivity (Wildman–Crippen MR) is 77.9 cm³/mol. The standard InChI is InChI=1S/C14H23N3O3/c1-17(2)14(19)16-9-8-15-10-13(18)11-4-6-12(20-3)7-5-11/h4-7,13,15,18H,8-10H2,1-3H3,(H,16,19). The van der Waals surface area contributed by atoms with Crippen LogP contribution >= 0.6 is 0 Å². The van der Waals surface area contributed by atoms with E-state index in [1.54, 1.807) is 21.2 Å². The molecule has 0 fully saturated rings. The molecule has 0 spiro atoms. The fraction of sp³-hybridized carbons (Fsp3) is 0.500. The monoisotopic (exact) mass is 281 g/mol. The van der Waals surface area contributed by atoms with E-state index in [4.69, 9.17) is 4.74 Å². The molecule has 20 heavy (non-hydrogen) atoms. The number of hydrogen-bond donors (Lipinski definition) is 3. The van der Waals surface area contributed by atoms with Crippen molar-refractivity contribution < 1.29 is 14.6 Å². The van der Waals surface area contributed by atoms with Gasteiger partial charge in [-0.2, -0.15) is 0 Å². The zero-order valence-electron chi connectivity index (χ0n) is 12.2. The highest BCUT2D eigenvalue weighted by Gasteiger charge is 2.07. The van der Waals surface area contributed by atoms with Crippen molar-refractivity contribution in [2.45, 2.75) is 6.10 Å². The van der Waals surface area contributed by atoms with Crippen molar-refractivity contribution in [3.63, 3.8) is 0 Å². The summed E-state index contributed by atoms with van der Waals surface area (Å²) in [5, 5.41) is 15.8. The Bertz CT molecular complexity index is 407. The number of nitrogens with one attached hydrogen (secondary N) is 2. The van der Waals surface area contributed by atoms with Gasteiger partial charge in [0.2, 0.25) is 0 Å². The minimum Gasteiger partial charge on any atom is -0.497 e. The molecule has 1 rings (SSSR count). The summed E-state index contributed by atoms with van der Waals surface area (Å²) in [7, 11) is 4.99. The Morgan fingerprint density at radius 1 is 1.30 bits per heavy atom. The highest BCUT2D eigenvalue weighted by atomic mass is 16.5. The van der Waals surface area contributed by atoms with Crippen LogP contribution < -0.4 is 15.4 Å². The molecule has 0 aliphatic heterocycles. The lowest BCUT2D eigenvalue weighted by Crippen LogP contribution is -2.39. The number of aliphatic hydroxyl groups excluding tert-OH is 1. The van der Waals surface area contributed by atoms with Crippen LogP contribution in [0.3, 0.4) is 0 Å². The number of aliphatic hydroxyl groups is 1. The summed E-state index contributed by atoms with van der Waals surface area (Å²) < 4.78 is 5.06. The van der Waals surface area contributed by atoms with E-state index in [0.717, 1.165) is 11.3 Å². The van der Waals surface area contributed by atoms with Gasteiger partial charge >= 0.3 is 6.03 Å². The molecule has 1 aromatic rings. The lowest BCUT2D eigenvalue weighted by molar-refractivity contribution is 0.175. The van der Waals surface area contributed by atoms with Crippen LogP contribution in [0.5, 0.6) is 5.75 Å². The number of benzene rings is 1. The average molecular weight is 281 g/mol. The lowest BCUT2D eigenvalue weighted by atomic mass is 10.1. The van der Waals surface area contributed by atoms with E-state index in [-0.39, 0.29) is 6.03 Å². The molecule has 0 aliphatic rings. The highest BCUT2D eigenvalue weighted by molar-refractivity contribution is 5.73. The van der Waals surface area contributed by atoms with Gasteiger partial charge in [-0.1, -0.05) is 12.1 Å². The van der Waals surface area contributed by atoms with E-state index in [1.165, 1.54) is 4.90 Å². The van der Waals surface area contributed by atoms with E-state index in [1.807, 2.05) is 24.3 Å². The van der Waals surface area contributed by atoms with Gasteiger partial charge in [0.1, 0.15) is 5.75 Å². The number of ether oxygens (including phenoxy) is 1. The van der Waals surface area contributed by atoms with E-state index in [0.29, 0.717) is 19.6 Å². The van der Waals surface area contributed by atoms with E-state index in [9.17, 15) is 9.90 Å². The second-order valence-corrected chi connectivity index (χ2v) is 4.62. The van der Waals surface area contributed by atoms with E-state index in [2.05, 4.69) is 10.6 Å². The van der Waals surface area contributed by atoms with Crippen molar-refractivity contribution in [3.05, 3.63) is 29.8 Å². The molecule has 1 unspecified atom stereocenters. The maximum atomic E-state index is 11.2. The van der Waals surface area contributed by atoms with Crippen molar-refractivity contribution in [2.75, 3.05) is 40.8 Å². The van der Waals surface area contributed by atoms with Gasteiger partial charge < -0.3 is 25.4 Å². The summed E-state index contributed by atoms with van der Waals surface area (Å²) >= 11 is 0. The van der Waals surface area contributed by atoms with Crippen LogP contribution in [0, 0.1) is 0 Å². The topological polar surface area (TPSA) is 73.8 Å². The minimum absolute atomic E-state index is 0.123. The van der Waals surface area contributed by atoms with Gasteiger partial charge in [0.05, 0.1) is 13.2 Å². The molecule has 6 heteroatoms. The second kappa shape index (κ2) is 8.39. The Kier molecular flexibility index (Phi) is 6.83. The zero-order valence-corrected chi connectivity index (χ0v) is 12.2. The first-order valence-corrected chi connectivity index (χ1v) is 6.52. The van der Waals surface area contributed by atoms with Gasteiger partial charge in [-0.25, -0.2) is 4.79 Å². The molecule has 0 radical (unpaired) electrons. The fourth-order valence-electron chi connectivity index (χ4n) is 1.60. The molecular formula is C14H23N3O3. The molecule has 0 bridgehead atoms. The zero-order chi connectivity index (χ0) is 15.0. The van der Waals surface area contributed by atoms with Gasteiger partial charge in [-0.3, -0.25) is 0 Å².